The second-order valence-electron chi connectivity index (χ2n) is 3.42. The van der Waals surface area contributed by atoms with E-state index >= 15 is 0 Å². The zero-order valence-corrected chi connectivity index (χ0v) is 8.74. The molecule has 0 saturated heterocycles. The average Bonchev–Trinajstić information content (AvgIpc) is 2.78. The van der Waals surface area contributed by atoms with Crippen LogP contribution in [0.3, 0.4) is 0 Å². The fraction of sp³-hybridized carbons (Fsp3) is 0.0909. The highest BCUT2D eigenvalue weighted by molar-refractivity contribution is 5.41. The maximum Gasteiger partial charge on any atom is 0.435 e. The lowest BCUT2D eigenvalue weighted by Crippen LogP contribution is -2.07. The van der Waals surface area contributed by atoms with E-state index in [2.05, 4.69) is 5.10 Å². The number of halogens is 4. The molecule has 3 nitrogen and oxygen atoms in total. The summed E-state index contributed by atoms with van der Waals surface area (Å²) in [4.78, 5) is 0. The van der Waals surface area contributed by atoms with Gasteiger partial charge in [0.25, 0.3) is 0 Å². The second kappa shape index (κ2) is 4.14. The summed E-state index contributed by atoms with van der Waals surface area (Å²) in [6.07, 6.45) is -3.44. The molecule has 1 heterocycles. The molecule has 0 saturated carbocycles. The van der Waals surface area contributed by atoms with Crippen LogP contribution in [0.2, 0.25) is 0 Å². The van der Waals surface area contributed by atoms with Crippen LogP contribution in [0, 0.1) is 17.1 Å². The van der Waals surface area contributed by atoms with Gasteiger partial charge in [0.15, 0.2) is 5.69 Å². The molecular formula is C11H5F4N3. The van der Waals surface area contributed by atoms with Crippen LogP contribution in [-0.2, 0) is 6.18 Å². The smallest absolute Gasteiger partial charge is 0.240 e. The van der Waals surface area contributed by atoms with Gasteiger partial charge in [0.2, 0.25) is 0 Å². The first-order valence-electron chi connectivity index (χ1n) is 4.74. The predicted molar refractivity (Wildman–Crippen MR) is 53.2 cm³/mol. The van der Waals surface area contributed by atoms with Crippen molar-refractivity contribution >= 4 is 0 Å². The van der Waals surface area contributed by atoms with Crippen LogP contribution in [0.4, 0.5) is 17.6 Å². The summed E-state index contributed by atoms with van der Waals surface area (Å²) >= 11 is 0. The van der Waals surface area contributed by atoms with Crippen LogP contribution < -0.4 is 0 Å². The normalized spacial score (nSPS) is 11.3. The Labute approximate surface area is 98.9 Å². The first-order chi connectivity index (χ1) is 8.41. The SMILES string of the molecule is N#Cc1cc(-n2ccc(C(F)(F)F)n2)ccc1F. The Kier molecular flexibility index (Phi) is 2.79. The van der Waals surface area contributed by atoms with E-state index in [0.717, 1.165) is 29.1 Å². The molecule has 0 aliphatic carbocycles. The van der Waals surface area contributed by atoms with Gasteiger partial charge in [-0.1, -0.05) is 0 Å². The molecule has 0 bridgehead atoms. The molecular weight excluding hydrogens is 250 g/mol. The van der Waals surface area contributed by atoms with Crippen molar-refractivity contribution in [1.29, 1.82) is 5.26 Å². The Bertz CT molecular complexity index is 622. The van der Waals surface area contributed by atoms with Gasteiger partial charge < -0.3 is 0 Å². The lowest BCUT2D eigenvalue weighted by atomic mass is 10.2. The van der Waals surface area contributed by atoms with Gasteiger partial charge in [-0.3, -0.25) is 0 Å². The van der Waals surface area contributed by atoms with Gasteiger partial charge in [-0.25, -0.2) is 9.07 Å². The molecule has 2 aromatic rings. The van der Waals surface area contributed by atoms with Gasteiger partial charge in [0.1, 0.15) is 11.9 Å². The molecule has 92 valence electrons. The highest BCUT2D eigenvalue weighted by Gasteiger charge is 2.33. The van der Waals surface area contributed by atoms with Crippen LogP contribution in [0.1, 0.15) is 11.3 Å². The van der Waals surface area contributed by atoms with Crippen molar-refractivity contribution in [1.82, 2.24) is 9.78 Å². The zero-order chi connectivity index (χ0) is 13.3. The minimum Gasteiger partial charge on any atom is -0.240 e. The number of nitrogens with zero attached hydrogens (tertiary/aromatic N) is 3. The lowest BCUT2D eigenvalue weighted by molar-refractivity contribution is -0.141. The van der Waals surface area contributed by atoms with Gasteiger partial charge in [-0.15, -0.1) is 0 Å². The third-order valence-corrected chi connectivity index (χ3v) is 2.21. The molecule has 1 aromatic heterocycles. The largest absolute Gasteiger partial charge is 0.435 e. The van der Waals surface area contributed by atoms with Crippen molar-refractivity contribution in [2.75, 3.05) is 0 Å². The van der Waals surface area contributed by atoms with E-state index in [0.29, 0.717) is 0 Å². The summed E-state index contributed by atoms with van der Waals surface area (Å²) in [6, 6.07) is 5.77. The zero-order valence-electron chi connectivity index (χ0n) is 8.74. The molecule has 0 unspecified atom stereocenters. The number of benzene rings is 1. The topological polar surface area (TPSA) is 41.6 Å². The molecule has 0 aliphatic rings. The van der Waals surface area contributed by atoms with Crippen molar-refractivity contribution in [3.8, 4) is 11.8 Å². The second-order valence-corrected chi connectivity index (χ2v) is 3.42. The predicted octanol–water partition coefficient (Wildman–Crippen LogP) is 2.90. The number of aromatic nitrogens is 2. The van der Waals surface area contributed by atoms with E-state index in [4.69, 9.17) is 5.26 Å². The Morgan fingerprint density at radius 1 is 1.22 bits per heavy atom. The molecule has 0 amide bonds. The summed E-state index contributed by atoms with van der Waals surface area (Å²) in [5.41, 5.74) is -1.12. The molecule has 18 heavy (non-hydrogen) atoms. The van der Waals surface area contributed by atoms with Gasteiger partial charge in [-0.2, -0.15) is 23.5 Å². The molecule has 0 N–H and O–H groups in total. The van der Waals surface area contributed by atoms with E-state index in [-0.39, 0.29) is 11.3 Å². The fourth-order valence-corrected chi connectivity index (χ4v) is 1.36. The fourth-order valence-electron chi connectivity index (χ4n) is 1.36. The van der Waals surface area contributed by atoms with Crippen LogP contribution in [0.15, 0.2) is 30.5 Å². The van der Waals surface area contributed by atoms with Gasteiger partial charge in [-0.05, 0) is 24.3 Å². The van der Waals surface area contributed by atoms with Crippen molar-refractivity contribution in [2.45, 2.75) is 6.18 Å². The standard InChI is InChI=1S/C11H5F4N3/c12-9-2-1-8(5-7(9)6-16)18-4-3-10(17-18)11(13,14)15/h1-5H. The molecule has 0 spiro atoms. The lowest BCUT2D eigenvalue weighted by Gasteiger charge is -2.03. The van der Waals surface area contributed by atoms with Gasteiger partial charge >= 0.3 is 6.18 Å². The molecule has 0 atom stereocenters. The maximum atomic E-state index is 13.0. The highest BCUT2D eigenvalue weighted by atomic mass is 19.4. The summed E-state index contributed by atoms with van der Waals surface area (Å²) in [5, 5.41) is 11.9. The molecule has 1 aromatic carbocycles. The van der Waals surface area contributed by atoms with Crippen LogP contribution in [-0.4, -0.2) is 9.78 Å². The first-order valence-corrected chi connectivity index (χ1v) is 4.74. The number of hydrogen-bond donors (Lipinski definition) is 0. The minimum atomic E-state index is -4.54. The van der Waals surface area contributed by atoms with Crippen LogP contribution in [0.25, 0.3) is 5.69 Å². The third-order valence-electron chi connectivity index (χ3n) is 2.21. The summed E-state index contributed by atoms with van der Waals surface area (Å²) < 4.78 is 51.0. The number of hydrogen-bond acceptors (Lipinski definition) is 2. The maximum absolute atomic E-state index is 13.0. The summed E-state index contributed by atoms with van der Waals surface area (Å²) in [6.45, 7) is 0. The highest BCUT2D eigenvalue weighted by Crippen LogP contribution is 2.28. The van der Waals surface area contributed by atoms with Crippen molar-refractivity contribution in [3.05, 3.63) is 47.5 Å². The van der Waals surface area contributed by atoms with Crippen molar-refractivity contribution < 1.29 is 17.6 Å². The summed E-state index contributed by atoms with van der Waals surface area (Å²) in [5.74, 6) is -0.732. The van der Waals surface area contributed by atoms with Crippen molar-refractivity contribution in [3.63, 3.8) is 0 Å². The van der Waals surface area contributed by atoms with E-state index < -0.39 is 17.7 Å². The number of nitriles is 1. The molecule has 2 rings (SSSR count). The van der Waals surface area contributed by atoms with E-state index in [9.17, 15) is 17.6 Å². The Hall–Kier alpha value is -2.36. The molecule has 0 radical (unpaired) electrons. The summed E-state index contributed by atoms with van der Waals surface area (Å²) in [7, 11) is 0. The number of rotatable bonds is 1. The third kappa shape index (κ3) is 2.18. The molecule has 7 heteroatoms. The number of alkyl halides is 3. The Balaban J connectivity index is 2.44. The average molecular weight is 255 g/mol. The first kappa shape index (κ1) is 12.1. The Morgan fingerprint density at radius 2 is 1.94 bits per heavy atom. The van der Waals surface area contributed by atoms with Crippen LogP contribution >= 0.6 is 0 Å². The van der Waals surface area contributed by atoms with Gasteiger partial charge in [0.05, 0.1) is 11.3 Å². The molecule has 0 aliphatic heterocycles. The molecule has 0 fully saturated rings. The quantitative estimate of drug-likeness (QED) is 0.735. The van der Waals surface area contributed by atoms with Gasteiger partial charge in [0, 0.05) is 6.20 Å². The van der Waals surface area contributed by atoms with E-state index in [1.54, 1.807) is 6.07 Å². The van der Waals surface area contributed by atoms with E-state index in [1.165, 1.54) is 6.07 Å². The van der Waals surface area contributed by atoms with Crippen LogP contribution in [0.5, 0.6) is 0 Å². The van der Waals surface area contributed by atoms with Crippen molar-refractivity contribution in [2.24, 2.45) is 0 Å². The minimum absolute atomic E-state index is 0.184. The monoisotopic (exact) mass is 255 g/mol. The van der Waals surface area contributed by atoms with E-state index in [1.807, 2.05) is 0 Å². The Morgan fingerprint density at radius 3 is 2.50 bits per heavy atom.